The Morgan fingerprint density at radius 2 is 0.841 bits per heavy atom. The summed E-state index contributed by atoms with van der Waals surface area (Å²) in [6, 6.07) is 50.6. The van der Waals surface area contributed by atoms with Crippen LogP contribution in [0.2, 0.25) is 0 Å². The fraction of sp³-hybridized carbons (Fsp3) is 0.167. The lowest BCUT2D eigenvalue weighted by Crippen LogP contribution is -2.00. The van der Waals surface area contributed by atoms with E-state index in [4.69, 9.17) is 28.9 Å². The smallest absolute Gasteiger partial charge is 0.234 e. The number of benzene rings is 6. The lowest BCUT2D eigenvalue weighted by molar-refractivity contribution is 0.447. The predicted molar refractivity (Wildman–Crippen MR) is 275 cm³/mol. The molecular formula is C60H53N5O4. The first-order valence-corrected chi connectivity index (χ1v) is 23.5. The van der Waals surface area contributed by atoms with Crippen molar-refractivity contribution in [2.24, 2.45) is 11.8 Å². The molecule has 4 aromatic heterocycles. The number of aryl methyl sites for hydroxylation is 2. The van der Waals surface area contributed by atoms with E-state index in [0.29, 0.717) is 64.0 Å². The molecule has 0 aliphatic heterocycles. The molecule has 0 amide bonds. The minimum atomic E-state index is 0.465. The highest BCUT2D eigenvalue weighted by Gasteiger charge is 2.18. The Labute approximate surface area is 403 Å². The van der Waals surface area contributed by atoms with E-state index in [1.807, 2.05) is 110 Å². The highest BCUT2D eigenvalue weighted by atomic mass is 16.5. The van der Waals surface area contributed by atoms with Crippen molar-refractivity contribution in [2.45, 2.75) is 54.4 Å². The Morgan fingerprint density at radius 1 is 0.420 bits per heavy atom. The first-order chi connectivity index (χ1) is 33.6. The van der Waals surface area contributed by atoms with Gasteiger partial charge < -0.3 is 18.9 Å². The van der Waals surface area contributed by atoms with E-state index in [0.717, 1.165) is 68.0 Å². The molecule has 0 spiro atoms. The third kappa shape index (κ3) is 10.2. The Kier molecular flexibility index (Phi) is 12.6. The van der Waals surface area contributed by atoms with E-state index < -0.39 is 0 Å². The molecule has 0 atom stereocenters. The largest absolute Gasteiger partial charge is 0.457 e. The highest BCUT2D eigenvalue weighted by molar-refractivity contribution is 6.09. The second-order valence-corrected chi connectivity index (χ2v) is 18.4. The van der Waals surface area contributed by atoms with E-state index in [1.165, 1.54) is 11.1 Å². The molecule has 9 nitrogen and oxygen atoms in total. The van der Waals surface area contributed by atoms with Gasteiger partial charge in [0.1, 0.15) is 34.5 Å². The number of hydrogen-bond donors (Lipinski definition) is 0. The van der Waals surface area contributed by atoms with Crippen LogP contribution in [0, 0.1) is 25.7 Å². The van der Waals surface area contributed by atoms with Gasteiger partial charge in [0.15, 0.2) is 0 Å². The van der Waals surface area contributed by atoms with Crippen molar-refractivity contribution in [3.05, 3.63) is 199 Å². The van der Waals surface area contributed by atoms with Crippen LogP contribution in [0.25, 0.3) is 50.0 Å². The molecule has 9 heteroatoms. The first kappa shape index (κ1) is 44.5. The van der Waals surface area contributed by atoms with Gasteiger partial charge in [0.05, 0.1) is 11.0 Å². The number of aromatic nitrogens is 5. The lowest BCUT2D eigenvalue weighted by Gasteiger charge is -2.15. The average molecular weight is 908 g/mol. The number of ether oxygens (including phenoxy) is 4. The Hall–Kier alpha value is -8.30. The summed E-state index contributed by atoms with van der Waals surface area (Å²) < 4.78 is 28.1. The van der Waals surface area contributed by atoms with E-state index >= 15 is 0 Å². The molecule has 0 unspecified atom stereocenters. The van der Waals surface area contributed by atoms with Gasteiger partial charge in [-0.05, 0) is 127 Å². The molecule has 0 N–H and O–H groups in total. The van der Waals surface area contributed by atoms with Crippen molar-refractivity contribution < 1.29 is 18.9 Å². The second-order valence-electron chi connectivity index (χ2n) is 18.4. The molecule has 69 heavy (non-hydrogen) atoms. The molecule has 0 aliphatic rings. The van der Waals surface area contributed by atoms with Crippen molar-refractivity contribution in [3.8, 4) is 74.5 Å². The van der Waals surface area contributed by atoms with Crippen LogP contribution >= 0.6 is 0 Å². The van der Waals surface area contributed by atoms with Gasteiger partial charge in [-0.25, -0.2) is 19.9 Å². The summed E-state index contributed by atoms with van der Waals surface area (Å²) in [6.07, 6.45) is 9.12. The molecule has 0 saturated carbocycles. The van der Waals surface area contributed by atoms with Crippen LogP contribution < -0.4 is 18.9 Å². The monoisotopic (exact) mass is 907 g/mol. The number of fused-ring (bicyclic) bond motifs is 3. The molecule has 6 aromatic carbocycles. The number of hydrogen-bond acceptors (Lipinski definition) is 8. The average Bonchev–Trinajstić information content (AvgIpc) is 3.64. The molecular weight excluding hydrogens is 855 g/mol. The van der Waals surface area contributed by atoms with Gasteiger partial charge in [0.2, 0.25) is 17.7 Å². The van der Waals surface area contributed by atoms with Crippen LogP contribution in [0.15, 0.2) is 176 Å². The molecule has 0 fully saturated rings. The number of pyridine rings is 2. The van der Waals surface area contributed by atoms with Crippen molar-refractivity contribution in [2.75, 3.05) is 0 Å². The van der Waals surface area contributed by atoms with Gasteiger partial charge in [0.25, 0.3) is 0 Å². The molecule has 0 radical (unpaired) electrons. The molecule has 0 bridgehead atoms. The highest BCUT2D eigenvalue weighted by Crippen LogP contribution is 2.39. The summed E-state index contributed by atoms with van der Waals surface area (Å²) in [5.74, 6) is 6.37. The van der Waals surface area contributed by atoms with Crippen molar-refractivity contribution >= 4 is 21.8 Å². The summed E-state index contributed by atoms with van der Waals surface area (Å²) in [7, 11) is 0. The first-order valence-electron chi connectivity index (χ1n) is 23.5. The van der Waals surface area contributed by atoms with E-state index in [9.17, 15) is 0 Å². The van der Waals surface area contributed by atoms with Crippen LogP contribution in [0.3, 0.4) is 0 Å². The zero-order valence-electron chi connectivity index (χ0n) is 39.7. The maximum Gasteiger partial charge on any atom is 0.234 e. The van der Waals surface area contributed by atoms with Crippen molar-refractivity contribution in [3.63, 3.8) is 0 Å². The normalized spacial score (nSPS) is 11.4. The van der Waals surface area contributed by atoms with Gasteiger partial charge in [0, 0.05) is 83.1 Å². The zero-order chi connectivity index (χ0) is 47.4. The fourth-order valence-electron chi connectivity index (χ4n) is 8.94. The van der Waals surface area contributed by atoms with E-state index in [1.54, 1.807) is 12.4 Å². The molecule has 4 heterocycles. The van der Waals surface area contributed by atoms with Crippen LogP contribution in [-0.4, -0.2) is 24.5 Å². The summed E-state index contributed by atoms with van der Waals surface area (Å²) in [5, 5.41) is 2.03. The lowest BCUT2D eigenvalue weighted by atomic mass is 9.95. The zero-order valence-corrected chi connectivity index (χ0v) is 39.7. The quantitative estimate of drug-likeness (QED) is 0.100. The van der Waals surface area contributed by atoms with E-state index in [2.05, 4.69) is 110 Å². The standard InChI is InChI=1S/C60H53N5O4/c1-38(2)24-44-30-58(63-36-54(44)42-14-9-7-10-15-42)68-50-28-40(5)26-48(32-50)66-46-18-20-52-53-21-19-47(35-57(53)65(56(52)34-46)60-61-22-13-23-62-60)67-49-27-41(6)29-51(33-49)69-59-31-45(25-39(3)4)55(37-64-59)43-16-11-8-12-17-43/h7-23,26-39H,24-25H2,1-6H3. The number of rotatable bonds is 15. The Bertz CT molecular complexity index is 3220. The fourth-order valence-corrected chi connectivity index (χ4v) is 8.94. The third-order valence-electron chi connectivity index (χ3n) is 11.8. The van der Waals surface area contributed by atoms with E-state index in [-0.39, 0.29) is 0 Å². The molecule has 10 rings (SSSR count). The minimum absolute atomic E-state index is 0.465. The van der Waals surface area contributed by atoms with Crippen molar-refractivity contribution in [1.82, 2.24) is 24.5 Å². The molecule has 10 aromatic rings. The minimum Gasteiger partial charge on any atom is -0.457 e. The number of nitrogens with zero attached hydrogens (tertiary/aromatic N) is 5. The van der Waals surface area contributed by atoms with Gasteiger partial charge in [-0.3, -0.25) is 4.57 Å². The van der Waals surface area contributed by atoms with Gasteiger partial charge in [-0.15, -0.1) is 0 Å². The Morgan fingerprint density at radius 3 is 1.26 bits per heavy atom. The Balaban J connectivity index is 0.931. The van der Waals surface area contributed by atoms with Crippen LogP contribution in [0.5, 0.6) is 46.3 Å². The van der Waals surface area contributed by atoms with Gasteiger partial charge in [-0.1, -0.05) is 88.4 Å². The topological polar surface area (TPSA) is 93.4 Å². The second kappa shape index (κ2) is 19.5. The SMILES string of the molecule is Cc1cc(Oc2ccc3c4ccc(Oc5cc(C)cc(Oc6cc(CC(C)C)c(-c7ccccc7)cn6)c5)cc4n(-c4ncccn4)c3c2)cc(Oc2cc(CC(C)C)c(-c3ccccc3)cn2)c1. The van der Waals surface area contributed by atoms with Gasteiger partial charge in [-0.2, -0.15) is 0 Å². The summed E-state index contributed by atoms with van der Waals surface area (Å²) >= 11 is 0. The van der Waals surface area contributed by atoms with Crippen LogP contribution in [-0.2, 0) is 12.8 Å². The summed E-state index contributed by atoms with van der Waals surface area (Å²) in [4.78, 5) is 18.8. The van der Waals surface area contributed by atoms with Gasteiger partial charge >= 0.3 is 0 Å². The maximum atomic E-state index is 6.61. The van der Waals surface area contributed by atoms with Crippen molar-refractivity contribution in [1.29, 1.82) is 0 Å². The molecule has 0 aliphatic carbocycles. The predicted octanol–water partition coefficient (Wildman–Crippen LogP) is 15.9. The van der Waals surface area contributed by atoms with Crippen LogP contribution in [0.4, 0.5) is 0 Å². The summed E-state index contributed by atoms with van der Waals surface area (Å²) in [6.45, 7) is 12.9. The van der Waals surface area contributed by atoms with Crippen LogP contribution in [0.1, 0.15) is 49.9 Å². The maximum absolute atomic E-state index is 6.61. The molecule has 0 saturated heterocycles. The summed E-state index contributed by atoms with van der Waals surface area (Å²) in [5.41, 5.74) is 10.6. The third-order valence-corrected chi connectivity index (χ3v) is 11.8. The molecule has 342 valence electrons.